The van der Waals surface area contributed by atoms with Crippen LogP contribution in [0.4, 0.5) is 0 Å². The van der Waals surface area contributed by atoms with Crippen molar-refractivity contribution in [2.24, 2.45) is 14.1 Å². The molecule has 24 heavy (non-hydrogen) atoms. The minimum Gasteiger partial charge on any atom is -0.299 e. The molecule has 1 aromatic carbocycles. The third-order valence-electron chi connectivity index (χ3n) is 4.33. The average molecular weight is 329 g/mol. The van der Waals surface area contributed by atoms with Gasteiger partial charge in [0.2, 0.25) is 0 Å². The summed E-state index contributed by atoms with van der Waals surface area (Å²) >= 11 is 0. The lowest BCUT2D eigenvalue weighted by Crippen LogP contribution is -2.39. The number of hydrogen-bond donors (Lipinski definition) is 0. The van der Waals surface area contributed by atoms with Crippen LogP contribution < -0.4 is 11.2 Å². The summed E-state index contributed by atoms with van der Waals surface area (Å²) in [5.74, 6) is 0. The number of aromatic nitrogens is 2. The lowest BCUT2D eigenvalue weighted by atomic mass is 9.87. The molecule has 0 aliphatic rings. The second-order valence-electron chi connectivity index (χ2n) is 7.49. The van der Waals surface area contributed by atoms with E-state index in [-0.39, 0.29) is 16.7 Å². The highest BCUT2D eigenvalue weighted by atomic mass is 16.2. The van der Waals surface area contributed by atoms with Crippen molar-refractivity contribution in [2.75, 3.05) is 7.05 Å². The summed E-state index contributed by atoms with van der Waals surface area (Å²) in [5, 5.41) is 0. The van der Waals surface area contributed by atoms with Gasteiger partial charge >= 0.3 is 5.69 Å². The number of benzene rings is 1. The first kappa shape index (κ1) is 18.2. The zero-order valence-electron chi connectivity index (χ0n) is 15.5. The first-order valence-electron chi connectivity index (χ1n) is 8.13. The van der Waals surface area contributed by atoms with Gasteiger partial charge in [0.25, 0.3) is 5.56 Å². The molecular weight excluding hydrogens is 302 g/mol. The Morgan fingerprint density at radius 3 is 2.08 bits per heavy atom. The van der Waals surface area contributed by atoms with Crippen molar-refractivity contribution >= 4 is 0 Å². The molecule has 5 nitrogen and oxygen atoms in total. The fourth-order valence-corrected chi connectivity index (χ4v) is 2.68. The average Bonchev–Trinajstić information content (AvgIpc) is 2.50. The van der Waals surface area contributed by atoms with Crippen LogP contribution in [0, 0.1) is 0 Å². The lowest BCUT2D eigenvalue weighted by Gasteiger charge is -2.21. The molecule has 1 aromatic heterocycles. The Bertz CT molecular complexity index is 824. The van der Waals surface area contributed by atoms with Gasteiger partial charge < -0.3 is 0 Å². The highest BCUT2D eigenvalue weighted by Gasteiger charge is 2.13. The molecule has 0 amide bonds. The smallest absolute Gasteiger partial charge is 0.299 e. The zero-order valence-corrected chi connectivity index (χ0v) is 15.5. The van der Waals surface area contributed by atoms with Crippen molar-refractivity contribution < 1.29 is 0 Å². The maximum Gasteiger partial charge on any atom is 0.330 e. The highest BCUT2D eigenvalue weighted by molar-refractivity contribution is 5.27. The summed E-state index contributed by atoms with van der Waals surface area (Å²) in [5.41, 5.74) is 2.82. The molecule has 0 fully saturated rings. The second-order valence-corrected chi connectivity index (χ2v) is 7.49. The van der Waals surface area contributed by atoms with Gasteiger partial charge in [0.05, 0.1) is 0 Å². The van der Waals surface area contributed by atoms with E-state index in [0.29, 0.717) is 6.54 Å². The lowest BCUT2D eigenvalue weighted by molar-refractivity contribution is 0.308. The monoisotopic (exact) mass is 329 g/mol. The SMILES string of the molecule is CN(Cc1ccc(C(C)(C)C)cc1)Cc1cc(=O)n(C)c(=O)n1C. The molecule has 0 N–H and O–H groups in total. The summed E-state index contributed by atoms with van der Waals surface area (Å²) in [6.45, 7) is 7.90. The highest BCUT2D eigenvalue weighted by Crippen LogP contribution is 2.22. The van der Waals surface area contributed by atoms with Crippen LogP contribution in [0.15, 0.2) is 39.9 Å². The first-order chi connectivity index (χ1) is 11.1. The quantitative estimate of drug-likeness (QED) is 0.862. The normalized spacial score (nSPS) is 12.0. The molecule has 0 unspecified atom stereocenters. The van der Waals surface area contributed by atoms with Crippen LogP contribution in [0.25, 0.3) is 0 Å². The Morgan fingerprint density at radius 2 is 1.54 bits per heavy atom. The van der Waals surface area contributed by atoms with Gasteiger partial charge in [-0.25, -0.2) is 4.79 Å². The molecule has 1 heterocycles. The van der Waals surface area contributed by atoms with Crippen LogP contribution >= 0.6 is 0 Å². The van der Waals surface area contributed by atoms with Crippen LogP contribution in [0.2, 0.25) is 0 Å². The molecule has 130 valence electrons. The Kier molecular flexibility index (Phi) is 5.13. The standard InChI is InChI=1S/C19H27N3O2/c1-19(2,3)15-9-7-14(8-10-15)12-20(4)13-16-11-17(23)22(6)18(24)21(16)5/h7-11H,12-13H2,1-6H3. The van der Waals surface area contributed by atoms with E-state index in [2.05, 4.69) is 49.9 Å². The molecule has 0 atom stereocenters. The molecule has 2 aromatic rings. The van der Waals surface area contributed by atoms with Crippen LogP contribution in [0.3, 0.4) is 0 Å². The van der Waals surface area contributed by atoms with Crippen molar-refractivity contribution in [1.29, 1.82) is 0 Å². The molecule has 0 aliphatic carbocycles. The molecule has 0 radical (unpaired) electrons. The number of nitrogens with zero attached hydrogens (tertiary/aromatic N) is 3. The van der Waals surface area contributed by atoms with Crippen LogP contribution in [0.5, 0.6) is 0 Å². The minimum atomic E-state index is -0.291. The summed E-state index contributed by atoms with van der Waals surface area (Å²) < 4.78 is 2.65. The van der Waals surface area contributed by atoms with E-state index in [1.54, 1.807) is 7.05 Å². The maximum atomic E-state index is 12.0. The third-order valence-corrected chi connectivity index (χ3v) is 4.33. The van der Waals surface area contributed by atoms with Gasteiger partial charge in [0.1, 0.15) is 0 Å². The Labute approximate surface area is 143 Å². The van der Waals surface area contributed by atoms with E-state index < -0.39 is 0 Å². The van der Waals surface area contributed by atoms with E-state index in [4.69, 9.17) is 0 Å². The van der Waals surface area contributed by atoms with Gasteiger partial charge in [-0.2, -0.15) is 0 Å². The topological polar surface area (TPSA) is 47.2 Å². The van der Waals surface area contributed by atoms with Gasteiger partial charge in [-0.05, 0) is 23.6 Å². The minimum absolute atomic E-state index is 0.146. The molecule has 0 aliphatic heterocycles. The van der Waals surface area contributed by atoms with E-state index in [9.17, 15) is 9.59 Å². The summed E-state index contributed by atoms with van der Waals surface area (Å²) in [6, 6.07) is 10.1. The fraction of sp³-hybridized carbons (Fsp3) is 0.474. The Balaban J connectivity index is 2.13. The zero-order chi connectivity index (χ0) is 18.1. The van der Waals surface area contributed by atoms with Gasteiger partial charge in [-0.3, -0.25) is 18.8 Å². The van der Waals surface area contributed by atoms with Crippen LogP contribution in [-0.4, -0.2) is 21.1 Å². The van der Waals surface area contributed by atoms with E-state index in [1.165, 1.54) is 28.8 Å². The largest absolute Gasteiger partial charge is 0.330 e. The van der Waals surface area contributed by atoms with Gasteiger partial charge in [-0.15, -0.1) is 0 Å². The summed E-state index contributed by atoms with van der Waals surface area (Å²) in [7, 11) is 5.18. The van der Waals surface area contributed by atoms with Gasteiger partial charge in [-0.1, -0.05) is 45.0 Å². The van der Waals surface area contributed by atoms with E-state index in [0.717, 1.165) is 16.8 Å². The molecule has 0 bridgehead atoms. The van der Waals surface area contributed by atoms with Crippen molar-refractivity contribution in [1.82, 2.24) is 14.0 Å². The maximum absolute atomic E-state index is 12.0. The molecular formula is C19H27N3O2. The molecule has 0 saturated heterocycles. The van der Waals surface area contributed by atoms with Crippen LogP contribution in [-0.2, 0) is 32.6 Å². The summed E-state index contributed by atoms with van der Waals surface area (Å²) in [6.07, 6.45) is 0. The van der Waals surface area contributed by atoms with Crippen LogP contribution in [0.1, 0.15) is 37.6 Å². The van der Waals surface area contributed by atoms with E-state index in [1.807, 2.05) is 7.05 Å². The first-order valence-corrected chi connectivity index (χ1v) is 8.13. The van der Waals surface area contributed by atoms with Crippen molar-refractivity contribution in [3.8, 4) is 0 Å². The van der Waals surface area contributed by atoms with Gasteiger partial charge in [0.15, 0.2) is 0 Å². The fourth-order valence-electron chi connectivity index (χ4n) is 2.68. The summed E-state index contributed by atoms with van der Waals surface area (Å²) in [4.78, 5) is 25.9. The van der Waals surface area contributed by atoms with E-state index >= 15 is 0 Å². The van der Waals surface area contributed by atoms with Crippen molar-refractivity contribution in [2.45, 2.75) is 39.3 Å². The van der Waals surface area contributed by atoms with Gasteiger partial charge in [0, 0.05) is 38.9 Å². The van der Waals surface area contributed by atoms with Crippen molar-refractivity contribution in [3.05, 3.63) is 68.0 Å². The third kappa shape index (κ3) is 4.03. The molecule has 0 saturated carbocycles. The predicted molar refractivity (Wildman–Crippen MR) is 97.2 cm³/mol. The number of hydrogen-bond acceptors (Lipinski definition) is 3. The Hall–Kier alpha value is -2.14. The number of rotatable bonds is 4. The molecule has 0 spiro atoms. The molecule has 5 heteroatoms. The predicted octanol–water partition coefficient (Wildman–Crippen LogP) is 2.01. The van der Waals surface area contributed by atoms with Crippen molar-refractivity contribution in [3.63, 3.8) is 0 Å². The Morgan fingerprint density at radius 1 is 0.958 bits per heavy atom. The second kappa shape index (κ2) is 6.77. The molecule has 2 rings (SSSR count).